The number of nitrogens with one attached hydrogen (secondary N) is 1. The van der Waals surface area contributed by atoms with Crippen LogP contribution in [0.5, 0.6) is 0 Å². The molecule has 0 aromatic heterocycles. The molecule has 1 fully saturated rings. The molecule has 5 heteroatoms. The van der Waals surface area contributed by atoms with Crippen LogP contribution in [0.4, 0.5) is 0 Å². The lowest BCUT2D eigenvalue weighted by molar-refractivity contribution is 0.0888. The van der Waals surface area contributed by atoms with Gasteiger partial charge in [0.15, 0.2) is 0 Å². The van der Waals surface area contributed by atoms with Gasteiger partial charge in [-0.1, -0.05) is 55.7 Å². The Balaban J connectivity index is 1.75. The maximum Gasteiger partial charge on any atom is 0.241 e. The molecule has 0 radical (unpaired) electrons. The van der Waals surface area contributed by atoms with Gasteiger partial charge in [0.25, 0.3) is 0 Å². The summed E-state index contributed by atoms with van der Waals surface area (Å²) in [5.74, 6) is 0.207. The van der Waals surface area contributed by atoms with Crippen LogP contribution >= 0.6 is 0 Å². The lowest BCUT2D eigenvalue weighted by Crippen LogP contribution is -2.37. The normalized spacial score (nSPS) is 18.1. The van der Waals surface area contributed by atoms with Crippen molar-refractivity contribution in [3.05, 3.63) is 42.5 Å². The molecule has 1 aliphatic rings. The van der Waals surface area contributed by atoms with Crippen molar-refractivity contribution in [3.8, 4) is 0 Å². The number of fused-ring (bicyclic) bond motifs is 1. The standard InChI is InChI=1S/C18H23NO3S/c20-17(15-8-2-1-3-9-15)13-19-23(21,22)18-12-6-10-14-7-4-5-11-16(14)18/h4-7,10-12,15,17,19-20H,1-3,8-9,13H2/t17-/m1/s1. The van der Waals surface area contributed by atoms with Crippen LogP contribution in [0.3, 0.4) is 0 Å². The Bertz CT molecular complexity index is 761. The molecule has 0 unspecified atom stereocenters. The Morgan fingerprint density at radius 2 is 1.74 bits per heavy atom. The van der Waals surface area contributed by atoms with Gasteiger partial charge in [0, 0.05) is 11.9 Å². The highest BCUT2D eigenvalue weighted by Crippen LogP contribution is 2.27. The fraction of sp³-hybridized carbons (Fsp3) is 0.444. The summed E-state index contributed by atoms with van der Waals surface area (Å²) in [5, 5.41) is 11.9. The van der Waals surface area contributed by atoms with E-state index in [1.807, 2.05) is 30.3 Å². The SMILES string of the molecule is O=S(=O)(NC[C@@H](O)C1CCCCC1)c1cccc2ccccc12. The van der Waals surface area contributed by atoms with E-state index in [-0.39, 0.29) is 17.4 Å². The highest BCUT2D eigenvalue weighted by molar-refractivity contribution is 7.89. The van der Waals surface area contributed by atoms with Crippen molar-refractivity contribution in [1.29, 1.82) is 0 Å². The maximum absolute atomic E-state index is 12.6. The summed E-state index contributed by atoms with van der Waals surface area (Å²) in [5.41, 5.74) is 0. The fourth-order valence-electron chi connectivity index (χ4n) is 3.39. The third-order valence-electron chi connectivity index (χ3n) is 4.72. The number of hydrogen-bond acceptors (Lipinski definition) is 3. The summed E-state index contributed by atoms with van der Waals surface area (Å²) in [6, 6.07) is 12.7. The van der Waals surface area contributed by atoms with Gasteiger partial charge < -0.3 is 5.11 Å². The van der Waals surface area contributed by atoms with Crippen LogP contribution in [-0.2, 0) is 10.0 Å². The summed E-state index contributed by atoms with van der Waals surface area (Å²) >= 11 is 0. The first-order valence-electron chi connectivity index (χ1n) is 8.23. The van der Waals surface area contributed by atoms with Crippen LogP contribution in [0, 0.1) is 5.92 Å². The first kappa shape index (κ1) is 16.4. The van der Waals surface area contributed by atoms with Crippen molar-refractivity contribution in [1.82, 2.24) is 4.72 Å². The van der Waals surface area contributed by atoms with Crippen molar-refractivity contribution < 1.29 is 13.5 Å². The van der Waals surface area contributed by atoms with E-state index in [2.05, 4.69) is 4.72 Å². The maximum atomic E-state index is 12.6. The quantitative estimate of drug-likeness (QED) is 0.884. The molecule has 124 valence electrons. The lowest BCUT2D eigenvalue weighted by Gasteiger charge is -2.26. The zero-order valence-electron chi connectivity index (χ0n) is 13.1. The molecule has 1 atom stereocenters. The average Bonchev–Trinajstić information content (AvgIpc) is 2.60. The molecule has 1 aliphatic carbocycles. The molecule has 2 N–H and O–H groups in total. The molecule has 0 spiro atoms. The molecule has 23 heavy (non-hydrogen) atoms. The Morgan fingerprint density at radius 3 is 2.52 bits per heavy atom. The summed E-state index contributed by atoms with van der Waals surface area (Å²) < 4.78 is 27.8. The van der Waals surface area contributed by atoms with Gasteiger partial charge in [-0.25, -0.2) is 13.1 Å². The van der Waals surface area contributed by atoms with Crippen molar-refractivity contribution in [2.45, 2.75) is 43.1 Å². The predicted octanol–water partition coefficient (Wildman–Crippen LogP) is 3.06. The first-order chi connectivity index (χ1) is 11.1. The van der Waals surface area contributed by atoms with Crippen LogP contribution in [0.2, 0.25) is 0 Å². The summed E-state index contributed by atoms with van der Waals surface area (Å²) in [7, 11) is -3.63. The molecule has 0 amide bonds. The third kappa shape index (κ3) is 3.74. The monoisotopic (exact) mass is 333 g/mol. The highest BCUT2D eigenvalue weighted by atomic mass is 32.2. The van der Waals surface area contributed by atoms with Gasteiger partial charge in [-0.2, -0.15) is 0 Å². The van der Waals surface area contributed by atoms with E-state index >= 15 is 0 Å². The predicted molar refractivity (Wildman–Crippen MR) is 91.7 cm³/mol. The minimum atomic E-state index is -3.63. The van der Waals surface area contributed by atoms with Crippen molar-refractivity contribution in [3.63, 3.8) is 0 Å². The average molecular weight is 333 g/mol. The van der Waals surface area contributed by atoms with Gasteiger partial charge in [-0.05, 0) is 30.2 Å². The molecule has 1 saturated carbocycles. The van der Waals surface area contributed by atoms with E-state index in [0.29, 0.717) is 5.39 Å². The second kappa shape index (κ2) is 6.99. The minimum Gasteiger partial charge on any atom is -0.391 e. The van der Waals surface area contributed by atoms with Gasteiger partial charge in [-0.15, -0.1) is 0 Å². The van der Waals surface area contributed by atoms with E-state index in [4.69, 9.17) is 0 Å². The zero-order chi connectivity index (χ0) is 16.3. The number of benzene rings is 2. The Labute approximate surface area is 137 Å². The van der Waals surface area contributed by atoms with Crippen LogP contribution < -0.4 is 4.72 Å². The molecule has 0 bridgehead atoms. The van der Waals surface area contributed by atoms with Gasteiger partial charge in [0.2, 0.25) is 10.0 Å². The molecule has 4 nitrogen and oxygen atoms in total. The van der Waals surface area contributed by atoms with Gasteiger partial charge in [0.05, 0.1) is 11.0 Å². The van der Waals surface area contributed by atoms with Crippen molar-refractivity contribution in [2.24, 2.45) is 5.92 Å². The molecule has 0 saturated heterocycles. The molecule has 2 aromatic carbocycles. The second-order valence-corrected chi connectivity index (χ2v) is 8.03. The summed E-state index contributed by atoms with van der Waals surface area (Å²) in [4.78, 5) is 0.270. The Kier molecular flexibility index (Phi) is 4.99. The van der Waals surface area contributed by atoms with E-state index in [1.54, 1.807) is 12.1 Å². The molecule has 0 heterocycles. The van der Waals surface area contributed by atoms with E-state index in [9.17, 15) is 13.5 Å². The van der Waals surface area contributed by atoms with Gasteiger partial charge >= 0.3 is 0 Å². The van der Waals surface area contributed by atoms with Crippen LogP contribution in [0.25, 0.3) is 10.8 Å². The lowest BCUT2D eigenvalue weighted by atomic mass is 9.85. The smallest absolute Gasteiger partial charge is 0.241 e. The minimum absolute atomic E-state index is 0.0796. The first-order valence-corrected chi connectivity index (χ1v) is 9.72. The number of aliphatic hydroxyl groups excluding tert-OH is 1. The van der Waals surface area contributed by atoms with E-state index < -0.39 is 16.1 Å². The summed E-state index contributed by atoms with van der Waals surface area (Å²) in [6.45, 7) is 0.0796. The Hall–Kier alpha value is -1.43. The van der Waals surface area contributed by atoms with E-state index in [0.717, 1.165) is 31.1 Å². The molecular weight excluding hydrogens is 310 g/mol. The zero-order valence-corrected chi connectivity index (χ0v) is 13.9. The largest absolute Gasteiger partial charge is 0.391 e. The number of rotatable bonds is 5. The van der Waals surface area contributed by atoms with Crippen molar-refractivity contribution >= 4 is 20.8 Å². The fourth-order valence-corrected chi connectivity index (χ4v) is 4.67. The molecule has 3 rings (SSSR count). The van der Waals surface area contributed by atoms with Crippen LogP contribution in [0.1, 0.15) is 32.1 Å². The number of hydrogen-bond donors (Lipinski definition) is 2. The summed E-state index contributed by atoms with van der Waals surface area (Å²) in [6.07, 6.45) is 4.81. The number of sulfonamides is 1. The van der Waals surface area contributed by atoms with Gasteiger partial charge in [0.1, 0.15) is 0 Å². The van der Waals surface area contributed by atoms with Gasteiger partial charge in [-0.3, -0.25) is 0 Å². The third-order valence-corrected chi connectivity index (χ3v) is 6.20. The second-order valence-electron chi connectivity index (χ2n) is 6.29. The van der Waals surface area contributed by atoms with Crippen LogP contribution in [-0.4, -0.2) is 26.2 Å². The highest BCUT2D eigenvalue weighted by Gasteiger charge is 2.24. The topological polar surface area (TPSA) is 66.4 Å². The number of aliphatic hydroxyl groups is 1. The van der Waals surface area contributed by atoms with Crippen molar-refractivity contribution in [2.75, 3.05) is 6.54 Å². The molecular formula is C18H23NO3S. The van der Waals surface area contributed by atoms with Crippen LogP contribution in [0.15, 0.2) is 47.4 Å². The van der Waals surface area contributed by atoms with E-state index in [1.165, 1.54) is 6.42 Å². The molecule has 2 aromatic rings. The molecule has 0 aliphatic heterocycles. The Morgan fingerprint density at radius 1 is 1.04 bits per heavy atom.